The Hall–Kier alpha value is -2.91. The summed E-state index contributed by atoms with van der Waals surface area (Å²) in [6.45, 7) is 6.18. The van der Waals surface area contributed by atoms with Crippen LogP contribution < -0.4 is 4.74 Å². The Kier molecular flexibility index (Phi) is 8.33. The summed E-state index contributed by atoms with van der Waals surface area (Å²) in [6, 6.07) is 10.7. The summed E-state index contributed by atoms with van der Waals surface area (Å²) in [5.41, 5.74) is 2.29. The fourth-order valence-electron chi connectivity index (χ4n) is 3.48. The number of hydrogen-bond donors (Lipinski definition) is 1. The van der Waals surface area contributed by atoms with E-state index in [1.807, 2.05) is 26.0 Å². The molecule has 0 aliphatic carbocycles. The highest BCUT2D eigenvalue weighted by Crippen LogP contribution is 2.34. The molecule has 1 unspecified atom stereocenters. The van der Waals surface area contributed by atoms with Gasteiger partial charge in [-0.25, -0.2) is 9.78 Å². The minimum atomic E-state index is -4.40. The molecule has 9 heteroatoms. The number of nitrogens with zero attached hydrogens (tertiary/aromatic N) is 1. The van der Waals surface area contributed by atoms with Crippen molar-refractivity contribution in [3.05, 3.63) is 69.7 Å². The molecule has 5 nitrogen and oxygen atoms in total. The third kappa shape index (κ3) is 6.57. The Labute approximate surface area is 200 Å². The van der Waals surface area contributed by atoms with Gasteiger partial charge in [0.25, 0.3) is 0 Å². The summed E-state index contributed by atoms with van der Waals surface area (Å²) in [7, 11) is 0. The quantitative estimate of drug-likeness (QED) is 0.370. The highest BCUT2D eigenvalue weighted by atomic mass is 32.1. The Balaban J connectivity index is 1.62. The number of halogens is 3. The lowest BCUT2D eigenvalue weighted by molar-refractivity contribution is -0.150. The van der Waals surface area contributed by atoms with Gasteiger partial charge in [0.1, 0.15) is 10.8 Å². The standard InChI is InChI=1S/C25H26F3NO4S/c1-4-32-21(24(30)31)14-17-8-9-20(12-15(17)2)33-11-10-22-16(3)29-23(34-22)18-6-5-7-19(13-18)25(26,27)28/h5-9,12-13,21H,4,10-11,14H2,1-3H3,(H,30,31). The van der Waals surface area contributed by atoms with Gasteiger partial charge in [-0.15, -0.1) is 11.3 Å². The molecule has 1 heterocycles. The summed E-state index contributed by atoms with van der Waals surface area (Å²) >= 11 is 1.36. The second-order valence-electron chi connectivity index (χ2n) is 7.78. The van der Waals surface area contributed by atoms with Crippen molar-refractivity contribution in [3.8, 4) is 16.3 Å². The molecule has 0 aliphatic rings. The Morgan fingerprint density at radius 2 is 1.94 bits per heavy atom. The first-order chi connectivity index (χ1) is 16.1. The lowest BCUT2D eigenvalue weighted by Crippen LogP contribution is -2.26. The van der Waals surface area contributed by atoms with Crippen LogP contribution in [0.3, 0.4) is 0 Å². The first-order valence-corrected chi connectivity index (χ1v) is 11.6. The smallest absolute Gasteiger partial charge is 0.416 e. The number of aromatic nitrogens is 1. The van der Waals surface area contributed by atoms with Gasteiger partial charge >= 0.3 is 12.1 Å². The number of ether oxygens (including phenoxy) is 2. The molecule has 3 aromatic rings. The monoisotopic (exact) mass is 493 g/mol. The second-order valence-corrected chi connectivity index (χ2v) is 8.86. The molecular weight excluding hydrogens is 467 g/mol. The van der Waals surface area contributed by atoms with E-state index in [1.165, 1.54) is 17.4 Å². The fraction of sp³-hybridized carbons (Fsp3) is 0.360. The molecular formula is C25H26F3NO4S. The number of carbonyl (C=O) groups is 1. The highest BCUT2D eigenvalue weighted by Gasteiger charge is 2.30. The molecule has 34 heavy (non-hydrogen) atoms. The fourth-order valence-corrected chi connectivity index (χ4v) is 4.52. The molecule has 1 N–H and O–H groups in total. The number of rotatable bonds is 10. The molecule has 0 bridgehead atoms. The maximum Gasteiger partial charge on any atom is 0.416 e. The van der Waals surface area contributed by atoms with E-state index in [4.69, 9.17) is 9.47 Å². The van der Waals surface area contributed by atoms with Crippen molar-refractivity contribution in [1.82, 2.24) is 4.98 Å². The minimum absolute atomic E-state index is 0.271. The van der Waals surface area contributed by atoms with E-state index in [9.17, 15) is 23.1 Å². The minimum Gasteiger partial charge on any atom is -0.493 e. The number of benzene rings is 2. The largest absolute Gasteiger partial charge is 0.493 e. The lowest BCUT2D eigenvalue weighted by Gasteiger charge is -2.15. The van der Waals surface area contributed by atoms with Gasteiger partial charge in [-0.05, 0) is 56.2 Å². The van der Waals surface area contributed by atoms with Crippen molar-refractivity contribution >= 4 is 17.3 Å². The third-order valence-corrected chi connectivity index (χ3v) is 6.56. The maximum atomic E-state index is 13.0. The van der Waals surface area contributed by atoms with Crippen molar-refractivity contribution in [2.45, 2.75) is 45.9 Å². The molecule has 0 amide bonds. The molecule has 3 rings (SSSR count). The molecule has 0 spiro atoms. The topological polar surface area (TPSA) is 68.7 Å². The third-order valence-electron chi connectivity index (χ3n) is 5.29. The van der Waals surface area contributed by atoms with Crippen LogP contribution in [0.15, 0.2) is 42.5 Å². The molecule has 1 aromatic heterocycles. The van der Waals surface area contributed by atoms with Gasteiger partial charge in [-0.1, -0.05) is 18.2 Å². The van der Waals surface area contributed by atoms with Gasteiger partial charge in [0.15, 0.2) is 6.10 Å². The lowest BCUT2D eigenvalue weighted by atomic mass is 10.0. The summed E-state index contributed by atoms with van der Waals surface area (Å²) in [6.07, 6.45) is -4.46. The van der Waals surface area contributed by atoms with Crippen molar-refractivity contribution in [3.63, 3.8) is 0 Å². The van der Waals surface area contributed by atoms with E-state index in [0.717, 1.165) is 33.8 Å². The average Bonchev–Trinajstić information content (AvgIpc) is 3.15. The van der Waals surface area contributed by atoms with Crippen LogP contribution in [-0.2, 0) is 28.5 Å². The van der Waals surface area contributed by atoms with Crippen molar-refractivity contribution in [1.29, 1.82) is 0 Å². The molecule has 0 radical (unpaired) electrons. The Morgan fingerprint density at radius 1 is 1.18 bits per heavy atom. The maximum absolute atomic E-state index is 13.0. The molecule has 182 valence electrons. The van der Waals surface area contributed by atoms with Crippen molar-refractivity contribution < 1.29 is 32.5 Å². The van der Waals surface area contributed by atoms with Crippen LogP contribution in [0.5, 0.6) is 5.75 Å². The molecule has 1 atom stereocenters. The van der Waals surface area contributed by atoms with E-state index in [1.54, 1.807) is 19.1 Å². The van der Waals surface area contributed by atoms with Gasteiger partial charge in [0.05, 0.1) is 17.9 Å². The zero-order valence-corrected chi connectivity index (χ0v) is 19.9. The van der Waals surface area contributed by atoms with Crippen LogP contribution in [0.25, 0.3) is 10.6 Å². The van der Waals surface area contributed by atoms with E-state index >= 15 is 0 Å². The van der Waals surface area contributed by atoms with Crippen molar-refractivity contribution in [2.24, 2.45) is 0 Å². The number of alkyl halides is 3. The molecule has 0 aliphatic heterocycles. The summed E-state index contributed by atoms with van der Waals surface area (Å²) in [4.78, 5) is 16.7. The van der Waals surface area contributed by atoms with Gasteiger partial charge in [0, 0.05) is 29.9 Å². The van der Waals surface area contributed by atoms with E-state index < -0.39 is 23.8 Å². The summed E-state index contributed by atoms with van der Waals surface area (Å²) in [5, 5.41) is 9.82. The van der Waals surface area contributed by atoms with Gasteiger partial charge in [-0.2, -0.15) is 13.2 Å². The number of aryl methyl sites for hydroxylation is 2. The summed E-state index contributed by atoms with van der Waals surface area (Å²) in [5.74, 6) is -0.337. The van der Waals surface area contributed by atoms with Crippen LogP contribution in [0.4, 0.5) is 13.2 Å². The van der Waals surface area contributed by atoms with Crippen LogP contribution in [0, 0.1) is 13.8 Å². The number of carboxylic acid groups (broad SMARTS) is 1. The van der Waals surface area contributed by atoms with Gasteiger partial charge in [-0.3, -0.25) is 0 Å². The van der Waals surface area contributed by atoms with Gasteiger partial charge < -0.3 is 14.6 Å². The normalized spacial score (nSPS) is 12.5. The zero-order chi connectivity index (χ0) is 24.9. The van der Waals surface area contributed by atoms with E-state index in [2.05, 4.69) is 4.98 Å². The van der Waals surface area contributed by atoms with Crippen LogP contribution >= 0.6 is 11.3 Å². The van der Waals surface area contributed by atoms with E-state index in [-0.39, 0.29) is 6.42 Å². The Bertz CT molecular complexity index is 1140. The summed E-state index contributed by atoms with van der Waals surface area (Å²) < 4.78 is 50.2. The zero-order valence-electron chi connectivity index (χ0n) is 19.1. The Morgan fingerprint density at radius 3 is 2.59 bits per heavy atom. The van der Waals surface area contributed by atoms with Crippen LogP contribution in [0.2, 0.25) is 0 Å². The molecule has 0 saturated carbocycles. The van der Waals surface area contributed by atoms with Gasteiger partial charge in [0.2, 0.25) is 0 Å². The highest BCUT2D eigenvalue weighted by molar-refractivity contribution is 7.15. The predicted molar refractivity (Wildman–Crippen MR) is 124 cm³/mol. The van der Waals surface area contributed by atoms with E-state index in [0.29, 0.717) is 36.0 Å². The second kappa shape index (κ2) is 11.0. The number of hydrogen-bond acceptors (Lipinski definition) is 5. The first-order valence-electron chi connectivity index (χ1n) is 10.8. The SMILES string of the molecule is CCOC(Cc1ccc(OCCc2sc(-c3cccc(C(F)(F)F)c3)nc2C)cc1C)C(=O)O. The number of carboxylic acids is 1. The van der Waals surface area contributed by atoms with Crippen molar-refractivity contribution in [2.75, 3.05) is 13.2 Å². The molecule has 0 fully saturated rings. The molecule has 0 saturated heterocycles. The number of aliphatic carboxylic acids is 1. The van der Waals surface area contributed by atoms with Crippen LogP contribution in [-0.4, -0.2) is 35.4 Å². The predicted octanol–water partition coefficient (Wildman–Crippen LogP) is 6.10. The molecule has 2 aromatic carbocycles. The number of thiazole rings is 1. The average molecular weight is 494 g/mol. The van der Waals surface area contributed by atoms with Crippen LogP contribution in [0.1, 0.15) is 34.2 Å². The first kappa shape index (κ1) is 25.7.